The van der Waals surface area contributed by atoms with Crippen molar-refractivity contribution in [2.24, 2.45) is 0 Å². The average molecular weight is 409 g/mol. The molecule has 0 radical (unpaired) electrons. The van der Waals surface area contributed by atoms with Gasteiger partial charge in [-0.2, -0.15) is 0 Å². The zero-order valence-electron chi connectivity index (χ0n) is 17.9. The zero-order chi connectivity index (χ0) is 21.7. The summed E-state index contributed by atoms with van der Waals surface area (Å²) in [6.07, 6.45) is 0. The van der Waals surface area contributed by atoms with Crippen LogP contribution in [0.5, 0.6) is 0 Å². The van der Waals surface area contributed by atoms with Gasteiger partial charge >= 0.3 is 5.91 Å². The van der Waals surface area contributed by atoms with Gasteiger partial charge in [0.15, 0.2) is 5.76 Å². The normalized spacial score (nSPS) is 11.3. The highest BCUT2D eigenvalue weighted by Gasteiger charge is 2.17. The maximum atomic E-state index is 12.8. The molecule has 2 N–H and O–H groups in total. The van der Waals surface area contributed by atoms with Gasteiger partial charge in [0.2, 0.25) is 0 Å². The predicted octanol–water partition coefficient (Wildman–Crippen LogP) is 3.87. The van der Waals surface area contributed by atoms with Gasteiger partial charge in [0, 0.05) is 11.1 Å². The fourth-order valence-electron chi connectivity index (χ4n) is 3.17. The largest absolute Gasteiger partial charge is 0.454 e. The highest BCUT2D eigenvalue weighted by molar-refractivity contribution is 6.07. The molecule has 2 heterocycles. The maximum absolute atomic E-state index is 12.8. The van der Waals surface area contributed by atoms with Crippen LogP contribution in [0.3, 0.4) is 0 Å². The van der Waals surface area contributed by atoms with E-state index < -0.39 is 11.8 Å². The number of nitrogens with zero attached hydrogens (tertiary/aromatic N) is 2. The molecule has 0 saturated heterocycles. The van der Waals surface area contributed by atoms with Crippen molar-refractivity contribution in [2.45, 2.75) is 40.2 Å². The number of furan rings is 1. The van der Waals surface area contributed by atoms with E-state index in [2.05, 4.69) is 34.6 Å². The van der Waals surface area contributed by atoms with E-state index in [0.717, 1.165) is 29.7 Å². The van der Waals surface area contributed by atoms with E-state index in [1.165, 1.54) is 0 Å². The zero-order valence-corrected chi connectivity index (χ0v) is 17.9. The number of benzene rings is 1. The van der Waals surface area contributed by atoms with Crippen LogP contribution >= 0.6 is 0 Å². The third kappa shape index (κ3) is 4.86. The Morgan fingerprint density at radius 1 is 1.03 bits per heavy atom. The Bertz CT molecular complexity index is 1040. The van der Waals surface area contributed by atoms with Gasteiger partial charge in [-0.05, 0) is 43.3 Å². The van der Waals surface area contributed by atoms with E-state index in [9.17, 15) is 9.59 Å². The van der Waals surface area contributed by atoms with E-state index in [1.807, 2.05) is 38.1 Å². The van der Waals surface area contributed by atoms with Crippen molar-refractivity contribution in [3.63, 3.8) is 0 Å². The molecule has 0 bridgehead atoms. The van der Waals surface area contributed by atoms with Gasteiger partial charge in [0.25, 0.3) is 5.91 Å². The van der Waals surface area contributed by atoms with Gasteiger partial charge in [-0.1, -0.05) is 45.9 Å². The number of hydrogen-bond donors (Lipinski definition) is 2. The van der Waals surface area contributed by atoms with Crippen molar-refractivity contribution in [2.75, 3.05) is 13.1 Å². The molecule has 0 atom stereocenters. The Morgan fingerprint density at radius 2 is 1.73 bits per heavy atom. The Labute approximate surface area is 176 Å². The maximum Gasteiger partial charge on any atom is 0.305 e. The van der Waals surface area contributed by atoms with Gasteiger partial charge < -0.3 is 4.42 Å². The molecular formula is C23H28N4O3. The molecule has 0 spiro atoms. The average Bonchev–Trinajstić information content (AvgIpc) is 3.23. The van der Waals surface area contributed by atoms with Crippen LogP contribution < -0.4 is 10.9 Å². The van der Waals surface area contributed by atoms with Crippen molar-refractivity contribution in [3.05, 3.63) is 65.2 Å². The van der Waals surface area contributed by atoms with Crippen LogP contribution in [0.4, 0.5) is 0 Å². The van der Waals surface area contributed by atoms with Crippen molar-refractivity contribution >= 4 is 22.7 Å². The fraction of sp³-hybridized carbons (Fsp3) is 0.348. The molecule has 0 aliphatic rings. The number of nitrogens with one attached hydrogen (secondary N) is 2. The number of carbonyl (C=O) groups excluding carboxylic acids is 2. The van der Waals surface area contributed by atoms with Crippen LogP contribution in [0.1, 0.15) is 66.0 Å². The van der Waals surface area contributed by atoms with E-state index in [-0.39, 0.29) is 11.7 Å². The molecular weight excluding hydrogens is 380 g/mol. The molecule has 3 rings (SSSR count). The molecule has 7 nitrogen and oxygen atoms in total. The summed E-state index contributed by atoms with van der Waals surface area (Å²) < 4.78 is 5.62. The summed E-state index contributed by atoms with van der Waals surface area (Å²) in [5, 5.41) is 0.730. The monoisotopic (exact) mass is 408 g/mol. The molecule has 0 aliphatic carbocycles. The van der Waals surface area contributed by atoms with E-state index in [1.54, 1.807) is 18.2 Å². The number of hydrazine groups is 1. The fourth-order valence-corrected chi connectivity index (χ4v) is 3.17. The first-order valence-corrected chi connectivity index (χ1v) is 10.2. The number of hydrogen-bond acceptors (Lipinski definition) is 5. The Morgan fingerprint density at radius 3 is 2.43 bits per heavy atom. The Hall–Kier alpha value is -3.19. The highest BCUT2D eigenvalue weighted by Crippen LogP contribution is 2.22. The van der Waals surface area contributed by atoms with Gasteiger partial charge in [-0.25, -0.2) is 0 Å². The third-order valence-corrected chi connectivity index (χ3v) is 5.02. The van der Waals surface area contributed by atoms with Crippen molar-refractivity contribution < 1.29 is 14.0 Å². The minimum atomic E-state index is -0.503. The molecule has 7 heteroatoms. The molecule has 0 saturated carbocycles. The summed E-state index contributed by atoms with van der Waals surface area (Å²) >= 11 is 0. The molecule has 2 aromatic heterocycles. The predicted molar refractivity (Wildman–Crippen MR) is 116 cm³/mol. The number of para-hydroxylation sites is 1. The summed E-state index contributed by atoms with van der Waals surface area (Å²) in [5.41, 5.74) is 6.95. The summed E-state index contributed by atoms with van der Waals surface area (Å²) in [5.74, 6) is 0.121. The number of amides is 2. The quantitative estimate of drug-likeness (QED) is 0.580. The second-order valence-corrected chi connectivity index (χ2v) is 7.40. The lowest BCUT2D eigenvalue weighted by molar-refractivity contribution is 0.0829. The van der Waals surface area contributed by atoms with Gasteiger partial charge in [-0.3, -0.25) is 30.3 Å². The number of pyridine rings is 1. The third-order valence-electron chi connectivity index (χ3n) is 5.02. The first kappa shape index (κ1) is 21.5. The molecule has 30 heavy (non-hydrogen) atoms. The van der Waals surface area contributed by atoms with Gasteiger partial charge in [0.05, 0.1) is 17.6 Å². The topological polar surface area (TPSA) is 87.5 Å². The Balaban J connectivity index is 1.71. The number of carbonyl (C=O) groups is 2. The van der Waals surface area contributed by atoms with Crippen LogP contribution in [-0.2, 0) is 6.54 Å². The van der Waals surface area contributed by atoms with Crippen molar-refractivity contribution in [1.82, 2.24) is 20.7 Å². The van der Waals surface area contributed by atoms with E-state index in [0.29, 0.717) is 17.9 Å². The second-order valence-electron chi connectivity index (χ2n) is 7.40. The lowest BCUT2D eigenvalue weighted by atomic mass is 10.0. The van der Waals surface area contributed by atoms with Crippen LogP contribution in [0.15, 0.2) is 46.9 Å². The molecule has 2 amide bonds. The van der Waals surface area contributed by atoms with Crippen LogP contribution in [-0.4, -0.2) is 34.8 Å². The number of rotatable bonds is 7. The molecule has 158 valence electrons. The number of aromatic nitrogens is 1. The minimum Gasteiger partial charge on any atom is -0.454 e. The lowest BCUT2D eigenvalue weighted by Crippen LogP contribution is -2.41. The minimum absolute atomic E-state index is 0.153. The van der Waals surface area contributed by atoms with Crippen molar-refractivity contribution in [3.8, 4) is 0 Å². The lowest BCUT2D eigenvalue weighted by Gasteiger charge is -2.15. The Kier molecular flexibility index (Phi) is 6.84. The van der Waals surface area contributed by atoms with Gasteiger partial charge in [0.1, 0.15) is 5.76 Å². The summed E-state index contributed by atoms with van der Waals surface area (Å²) in [4.78, 5) is 32.0. The first-order valence-electron chi connectivity index (χ1n) is 10.2. The summed E-state index contributed by atoms with van der Waals surface area (Å²) in [6.45, 7) is 10.6. The smallest absolute Gasteiger partial charge is 0.305 e. The van der Waals surface area contributed by atoms with Crippen LogP contribution in [0.2, 0.25) is 0 Å². The first-order chi connectivity index (χ1) is 14.4. The van der Waals surface area contributed by atoms with Crippen molar-refractivity contribution in [1.29, 1.82) is 0 Å². The summed E-state index contributed by atoms with van der Waals surface area (Å²) in [7, 11) is 0. The van der Waals surface area contributed by atoms with Crippen LogP contribution in [0.25, 0.3) is 10.9 Å². The molecule has 0 unspecified atom stereocenters. The van der Waals surface area contributed by atoms with Gasteiger partial charge in [-0.15, -0.1) is 0 Å². The standard InChI is InChI=1S/C23H28N4O3/c1-5-27(6-2)14-16-11-12-21(30-16)23(29)26-25-22(28)18-13-20(15(3)4)24-19-10-8-7-9-17(18)19/h7-13,15H,5-6,14H2,1-4H3,(H,25,28)(H,26,29). The molecule has 1 aromatic carbocycles. The second kappa shape index (κ2) is 9.54. The number of fused-ring (bicyclic) bond motifs is 1. The van der Waals surface area contributed by atoms with Crippen LogP contribution in [0, 0.1) is 0 Å². The summed E-state index contributed by atoms with van der Waals surface area (Å²) in [6, 6.07) is 12.6. The SMILES string of the molecule is CCN(CC)Cc1ccc(C(=O)NNC(=O)c2cc(C(C)C)nc3ccccc23)o1. The molecule has 3 aromatic rings. The molecule has 0 fully saturated rings. The highest BCUT2D eigenvalue weighted by atomic mass is 16.4. The van der Waals surface area contributed by atoms with E-state index >= 15 is 0 Å². The molecule has 0 aliphatic heterocycles. The van der Waals surface area contributed by atoms with E-state index in [4.69, 9.17) is 4.42 Å².